The monoisotopic (exact) mass is 647 g/mol. The maximum atomic E-state index is 13.7. The fraction of sp³-hybridized carbons (Fsp3) is 0.500. The number of fused-ring (bicyclic) bond motifs is 5. The van der Waals surface area contributed by atoms with Crippen molar-refractivity contribution in [3.05, 3.63) is 47.5 Å². The Labute approximate surface area is 272 Å². The summed E-state index contributed by atoms with van der Waals surface area (Å²) in [6.45, 7) is 6.48. The number of pyridine rings is 1. The third kappa shape index (κ3) is 7.67. The molecule has 15 nitrogen and oxygen atoms in total. The van der Waals surface area contributed by atoms with Gasteiger partial charge in [-0.15, -0.1) is 5.10 Å². The zero-order valence-electron chi connectivity index (χ0n) is 27.3. The number of tetrazole rings is 1. The van der Waals surface area contributed by atoms with E-state index in [9.17, 15) is 19.2 Å². The molecule has 3 heterocycles. The third-order valence-electron chi connectivity index (χ3n) is 8.37. The fourth-order valence-electron chi connectivity index (χ4n) is 5.63. The Morgan fingerprint density at radius 2 is 1.85 bits per heavy atom. The molecule has 3 aromatic rings. The lowest BCUT2D eigenvalue weighted by Crippen LogP contribution is -2.56. The molecule has 2 aromatic heterocycles. The third-order valence-corrected chi connectivity index (χ3v) is 8.37. The Balaban J connectivity index is 1.53. The zero-order chi connectivity index (χ0) is 33.7. The van der Waals surface area contributed by atoms with Crippen LogP contribution in [0.25, 0.3) is 11.1 Å². The molecule has 1 spiro atoms. The molecule has 0 radical (unpaired) electrons. The van der Waals surface area contributed by atoms with Crippen LogP contribution < -0.4 is 25.4 Å². The van der Waals surface area contributed by atoms with E-state index >= 15 is 0 Å². The molecule has 1 aliphatic heterocycles. The van der Waals surface area contributed by atoms with Crippen LogP contribution in [0.2, 0.25) is 0 Å². The Kier molecular flexibility index (Phi) is 10.0. The van der Waals surface area contributed by atoms with Gasteiger partial charge in [0.1, 0.15) is 17.4 Å². The summed E-state index contributed by atoms with van der Waals surface area (Å²) in [5.74, 6) is 0.137. The number of rotatable bonds is 7. The lowest BCUT2D eigenvalue weighted by atomic mass is 10.00. The minimum atomic E-state index is -1.12. The van der Waals surface area contributed by atoms with E-state index in [0.717, 1.165) is 5.56 Å². The molecule has 0 saturated heterocycles. The van der Waals surface area contributed by atoms with Gasteiger partial charge in [0.2, 0.25) is 17.7 Å². The maximum Gasteiger partial charge on any atom is 0.253 e. The van der Waals surface area contributed by atoms with E-state index in [1.54, 1.807) is 34.8 Å². The van der Waals surface area contributed by atoms with E-state index in [1.165, 1.54) is 20.4 Å². The van der Waals surface area contributed by atoms with Crippen molar-refractivity contribution in [1.82, 2.24) is 46.0 Å². The highest BCUT2D eigenvalue weighted by Gasteiger charge is 2.52. The molecule has 1 saturated carbocycles. The second-order valence-corrected chi connectivity index (χ2v) is 12.3. The molecule has 4 amide bonds. The molecule has 3 N–H and O–H groups in total. The molecule has 1 atom stereocenters. The van der Waals surface area contributed by atoms with Crippen molar-refractivity contribution in [1.29, 1.82) is 0 Å². The number of benzene rings is 1. The highest BCUT2D eigenvalue weighted by Crippen LogP contribution is 2.40. The summed E-state index contributed by atoms with van der Waals surface area (Å²) in [6, 6.07) is 4.51. The molecular weight excluding hydrogens is 606 g/mol. The SMILES string of the molecule is COc1cc2cc(c1OC)-c1cncc(c1)C(=O)NC1(CC1)C(=O)N[C@H](CC(C)C)C(=O)NCCN(C(=O)CCn1nnnc1C)C2. The topological polar surface area (TPSA) is 183 Å². The van der Waals surface area contributed by atoms with Gasteiger partial charge in [-0.05, 0) is 66.3 Å². The second kappa shape index (κ2) is 14.1. The minimum Gasteiger partial charge on any atom is -0.493 e. The van der Waals surface area contributed by atoms with Crippen LogP contribution in [0.5, 0.6) is 11.5 Å². The predicted molar refractivity (Wildman–Crippen MR) is 169 cm³/mol. The summed E-state index contributed by atoms with van der Waals surface area (Å²) in [5.41, 5.74) is 1.05. The first-order valence-electron chi connectivity index (χ1n) is 15.7. The van der Waals surface area contributed by atoms with Crippen molar-refractivity contribution < 1.29 is 28.7 Å². The smallest absolute Gasteiger partial charge is 0.253 e. The van der Waals surface area contributed by atoms with Crippen LogP contribution >= 0.6 is 0 Å². The number of amides is 4. The van der Waals surface area contributed by atoms with Gasteiger partial charge in [0, 0.05) is 49.6 Å². The highest BCUT2D eigenvalue weighted by molar-refractivity contribution is 6.02. The molecule has 47 heavy (non-hydrogen) atoms. The molecule has 4 bridgehead atoms. The molecule has 1 fully saturated rings. The minimum absolute atomic E-state index is 0.106. The van der Waals surface area contributed by atoms with E-state index in [-0.39, 0.29) is 55.9 Å². The van der Waals surface area contributed by atoms with Gasteiger partial charge in [-0.2, -0.15) is 0 Å². The lowest BCUT2D eigenvalue weighted by Gasteiger charge is -2.27. The molecule has 2 aliphatic rings. The first kappa shape index (κ1) is 33.3. The summed E-state index contributed by atoms with van der Waals surface area (Å²) in [5, 5.41) is 20.1. The summed E-state index contributed by atoms with van der Waals surface area (Å²) in [7, 11) is 3.04. The van der Waals surface area contributed by atoms with Crippen LogP contribution in [0, 0.1) is 12.8 Å². The summed E-state index contributed by atoms with van der Waals surface area (Å²) in [4.78, 5) is 60.0. The average molecular weight is 648 g/mol. The fourth-order valence-corrected chi connectivity index (χ4v) is 5.63. The normalized spacial score (nSPS) is 18.1. The van der Waals surface area contributed by atoms with Crippen LogP contribution in [-0.2, 0) is 27.5 Å². The number of aromatic nitrogens is 5. The maximum absolute atomic E-state index is 13.7. The van der Waals surface area contributed by atoms with Crippen molar-refractivity contribution in [2.75, 3.05) is 27.3 Å². The van der Waals surface area contributed by atoms with E-state index < -0.39 is 23.4 Å². The number of ether oxygens (including phenoxy) is 2. The number of carbonyl (C=O) groups is 4. The number of hydrogen-bond acceptors (Lipinski definition) is 10. The van der Waals surface area contributed by atoms with Gasteiger partial charge in [0.25, 0.3) is 5.91 Å². The van der Waals surface area contributed by atoms with Crippen molar-refractivity contribution in [2.45, 2.75) is 71.1 Å². The van der Waals surface area contributed by atoms with Crippen LogP contribution in [0.1, 0.15) is 61.3 Å². The Morgan fingerprint density at radius 1 is 1.09 bits per heavy atom. The average Bonchev–Trinajstić information content (AvgIpc) is 3.73. The molecular formula is C32H41N9O6. The van der Waals surface area contributed by atoms with E-state index in [2.05, 4.69) is 36.5 Å². The van der Waals surface area contributed by atoms with Crippen molar-refractivity contribution >= 4 is 23.6 Å². The number of hydrogen-bond donors (Lipinski definition) is 3. The molecule has 0 unspecified atom stereocenters. The first-order chi connectivity index (χ1) is 22.5. The summed E-state index contributed by atoms with van der Waals surface area (Å²) in [6.07, 6.45) is 4.45. The van der Waals surface area contributed by atoms with Gasteiger partial charge < -0.3 is 30.3 Å². The number of carbonyl (C=O) groups excluding carboxylic acids is 4. The quantitative estimate of drug-likeness (QED) is 0.339. The standard InChI is InChI=1S/C32H41N9O6/c1-19(2)12-25-30(44)34-9-11-40(27(42)6-10-41-20(3)37-38-39-41)18-21-13-24(28(47-5)26(14-21)46-4)22-15-23(17-33-16-22)29(43)36-32(7-8-32)31(45)35-25/h13-17,19,25H,6-12,18H2,1-5H3,(H,34,44)(H,35,45)(H,36,43)/t25-/m1/s1. The number of nitrogens with zero attached hydrogens (tertiary/aromatic N) is 6. The van der Waals surface area contributed by atoms with Crippen LogP contribution in [0.3, 0.4) is 0 Å². The van der Waals surface area contributed by atoms with Crippen LogP contribution in [0.15, 0.2) is 30.6 Å². The number of methoxy groups -OCH3 is 2. The summed E-state index contributed by atoms with van der Waals surface area (Å²) >= 11 is 0. The van der Waals surface area contributed by atoms with Gasteiger partial charge in [-0.3, -0.25) is 24.2 Å². The van der Waals surface area contributed by atoms with Gasteiger partial charge >= 0.3 is 0 Å². The molecule has 5 rings (SSSR count). The largest absolute Gasteiger partial charge is 0.493 e. The van der Waals surface area contributed by atoms with E-state index in [1.807, 2.05) is 19.9 Å². The van der Waals surface area contributed by atoms with Crippen LogP contribution in [-0.4, -0.2) is 92.6 Å². The zero-order valence-corrected chi connectivity index (χ0v) is 27.3. The van der Waals surface area contributed by atoms with Gasteiger partial charge in [0.05, 0.1) is 26.3 Å². The van der Waals surface area contributed by atoms with Crippen LogP contribution in [0.4, 0.5) is 0 Å². The second-order valence-electron chi connectivity index (χ2n) is 12.3. The number of nitrogens with one attached hydrogen (secondary N) is 3. The van der Waals surface area contributed by atoms with Gasteiger partial charge in [-0.1, -0.05) is 13.8 Å². The Morgan fingerprint density at radius 3 is 2.51 bits per heavy atom. The molecule has 15 heteroatoms. The highest BCUT2D eigenvalue weighted by atomic mass is 16.5. The van der Waals surface area contributed by atoms with Crippen molar-refractivity contribution in [2.24, 2.45) is 5.92 Å². The van der Waals surface area contributed by atoms with Gasteiger partial charge in [-0.25, -0.2) is 4.68 Å². The molecule has 1 aliphatic carbocycles. The first-order valence-corrected chi connectivity index (χ1v) is 15.7. The van der Waals surface area contributed by atoms with E-state index in [4.69, 9.17) is 9.47 Å². The van der Waals surface area contributed by atoms with Gasteiger partial charge in [0.15, 0.2) is 11.5 Å². The predicted octanol–water partition coefficient (Wildman–Crippen LogP) is 1.40. The Bertz CT molecular complexity index is 1650. The summed E-state index contributed by atoms with van der Waals surface area (Å²) < 4.78 is 13.0. The lowest BCUT2D eigenvalue weighted by molar-refractivity contribution is -0.133. The molecule has 250 valence electrons. The van der Waals surface area contributed by atoms with E-state index in [0.29, 0.717) is 47.7 Å². The number of aryl methyl sites for hydroxylation is 2. The van der Waals surface area contributed by atoms with Crippen molar-refractivity contribution in [3.63, 3.8) is 0 Å². The molecule has 1 aromatic carbocycles. The Hall–Kier alpha value is -5.08. The van der Waals surface area contributed by atoms with Crippen molar-refractivity contribution in [3.8, 4) is 22.6 Å².